The van der Waals surface area contributed by atoms with E-state index in [-0.39, 0.29) is 0 Å². The standard InChI is InChI=1S/C37H28/c1-2-4-6-17-30(18-7-5-3-1)37(31-24-22-27-14-8-9-16-29(27)26-31)34-21-13-12-20-33(34)36-32-19-11-10-15-28(32)23-25-35(36)37/h1-4,7-26H,5-6H2/b3-1-,4-2-,18-7-,30-17+. The molecule has 0 saturated heterocycles. The van der Waals surface area contributed by atoms with E-state index in [1.165, 1.54) is 54.9 Å². The minimum absolute atomic E-state index is 0.396. The molecule has 0 heterocycles. The second-order valence-corrected chi connectivity index (χ2v) is 9.96. The Morgan fingerprint density at radius 1 is 0.541 bits per heavy atom. The SMILES string of the molecule is C1=C\C/C=C\C(C2(c3ccc4ccccc4c3)c3ccccc3-c3c2ccc2ccccc32)=C/C\C=C/1. The number of rotatable bonds is 2. The van der Waals surface area contributed by atoms with Gasteiger partial charge in [-0.3, -0.25) is 0 Å². The summed E-state index contributed by atoms with van der Waals surface area (Å²) in [6, 6.07) is 38.3. The van der Waals surface area contributed by atoms with Gasteiger partial charge in [-0.15, -0.1) is 0 Å². The number of allylic oxidation sites excluding steroid dienone is 8. The summed E-state index contributed by atoms with van der Waals surface area (Å²) in [4.78, 5) is 0. The smallest absolute Gasteiger partial charge is 0.0710 e. The Morgan fingerprint density at radius 3 is 2.19 bits per heavy atom. The van der Waals surface area contributed by atoms with Crippen molar-refractivity contribution in [3.8, 4) is 11.1 Å². The Morgan fingerprint density at radius 2 is 1.27 bits per heavy atom. The highest BCUT2D eigenvalue weighted by atomic mass is 14.5. The van der Waals surface area contributed by atoms with Crippen LogP contribution in [0.25, 0.3) is 32.7 Å². The van der Waals surface area contributed by atoms with E-state index in [2.05, 4.69) is 146 Å². The summed E-state index contributed by atoms with van der Waals surface area (Å²) in [6.45, 7) is 0. The van der Waals surface area contributed by atoms with E-state index in [9.17, 15) is 0 Å². The van der Waals surface area contributed by atoms with E-state index in [0.29, 0.717) is 0 Å². The fraction of sp³-hybridized carbons (Fsp3) is 0.0811. The summed E-state index contributed by atoms with van der Waals surface area (Å²) in [6.07, 6.45) is 17.7. The van der Waals surface area contributed by atoms with Crippen LogP contribution in [0.3, 0.4) is 0 Å². The minimum Gasteiger partial charge on any atom is -0.0808 e. The van der Waals surface area contributed by atoms with Gasteiger partial charge in [-0.2, -0.15) is 0 Å². The molecule has 0 nitrogen and oxygen atoms in total. The van der Waals surface area contributed by atoms with Crippen LogP contribution in [-0.2, 0) is 5.41 Å². The molecule has 0 fully saturated rings. The summed E-state index contributed by atoms with van der Waals surface area (Å²) in [5.74, 6) is 0. The molecule has 0 spiro atoms. The third kappa shape index (κ3) is 3.37. The molecule has 0 amide bonds. The maximum absolute atomic E-state index is 2.43. The van der Waals surface area contributed by atoms with E-state index in [0.717, 1.165) is 12.8 Å². The molecule has 2 aliphatic carbocycles. The van der Waals surface area contributed by atoms with Gasteiger partial charge < -0.3 is 0 Å². The van der Waals surface area contributed by atoms with Crippen molar-refractivity contribution >= 4 is 21.5 Å². The van der Waals surface area contributed by atoms with Crippen molar-refractivity contribution in [1.29, 1.82) is 0 Å². The van der Waals surface area contributed by atoms with E-state index in [4.69, 9.17) is 0 Å². The molecule has 0 aliphatic heterocycles. The first-order chi connectivity index (χ1) is 18.4. The molecular formula is C37H28. The van der Waals surface area contributed by atoms with Crippen LogP contribution in [0, 0.1) is 0 Å². The van der Waals surface area contributed by atoms with Crippen LogP contribution in [0.1, 0.15) is 29.5 Å². The summed E-state index contributed by atoms with van der Waals surface area (Å²) in [5.41, 5.74) is 7.70. The second-order valence-electron chi connectivity index (χ2n) is 9.96. The number of benzene rings is 5. The number of hydrogen-bond acceptors (Lipinski definition) is 0. The third-order valence-electron chi connectivity index (χ3n) is 7.98. The van der Waals surface area contributed by atoms with Gasteiger partial charge in [-0.1, -0.05) is 140 Å². The lowest BCUT2D eigenvalue weighted by molar-refractivity contribution is 0.764. The number of fused-ring (bicyclic) bond motifs is 6. The highest BCUT2D eigenvalue weighted by Crippen LogP contribution is 2.58. The van der Waals surface area contributed by atoms with Crippen molar-refractivity contribution in [1.82, 2.24) is 0 Å². The van der Waals surface area contributed by atoms with Gasteiger partial charge in [0.2, 0.25) is 0 Å². The van der Waals surface area contributed by atoms with Crippen LogP contribution < -0.4 is 0 Å². The van der Waals surface area contributed by atoms with Gasteiger partial charge in [0.15, 0.2) is 0 Å². The fourth-order valence-corrected chi connectivity index (χ4v) is 6.39. The van der Waals surface area contributed by atoms with Crippen molar-refractivity contribution in [2.45, 2.75) is 18.3 Å². The molecule has 0 heteroatoms. The Labute approximate surface area is 218 Å². The predicted molar refractivity (Wildman–Crippen MR) is 158 cm³/mol. The molecule has 2 aliphatic rings. The molecule has 7 rings (SSSR count). The summed E-state index contributed by atoms with van der Waals surface area (Å²) in [5, 5.41) is 5.16. The van der Waals surface area contributed by atoms with Crippen LogP contribution >= 0.6 is 0 Å². The fourth-order valence-electron chi connectivity index (χ4n) is 6.39. The average molecular weight is 473 g/mol. The average Bonchev–Trinajstić information content (AvgIpc) is 3.27. The van der Waals surface area contributed by atoms with Crippen LogP contribution in [0.4, 0.5) is 0 Å². The molecule has 0 bridgehead atoms. The molecular weight excluding hydrogens is 444 g/mol. The van der Waals surface area contributed by atoms with Crippen molar-refractivity contribution in [2.24, 2.45) is 0 Å². The Balaban J connectivity index is 1.63. The summed E-state index contributed by atoms with van der Waals surface area (Å²) in [7, 11) is 0. The predicted octanol–water partition coefficient (Wildman–Crippen LogP) is 9.70. The lowest BCUT2D eigenvalue weighted by Gasteiger charge is -2.35. The highest BCUT2D eigenvalue weighted by Gasteiger charge is 2.47. The molecule has 0 aromatic heterocycles. The van der Waals surface area contributed by atoms with Crippen molar-refractivity contribution in [3.63, 3.8) is 0 Å². The van der Waals surface area contributed by atoms with Gasteiger partial charge in [0.25, 0.3) is 0 Å². The van der Waals surface area contributed by atoms with Gasteiger partial charge in [-0.05, 0) is 73.8 Å². The molecule has 5 aromatic rings. The zero-order chi connectivity index (χ0) is 24.7. The lowest BCUT2D eigenvalue weighted by atomic mass is 9.66. The van der Waals surface area contributed by atoms with E-state index < -0.39 is 5.41 Å². The number of hydrogen-bond donors (Lipinski definition) is 0. The largest absolute Gasteiger partial charge is 0.0808 e. The molecule has 0 N–H and O–H groups in total. The van der Waals surface area contributed by atoms with Gasteiger partial charge in [-0.25, -0.2) is 0 Å². The second kappa shape index (κ2) is 8.91. The summed E-state index contributed by atoms with van der Waals surface area (Å²) < 4.78 is 0. The van der Waals surface area contributed by atoms with Crippen LogP contribution in [-0.4, -0.2) is 0 Å². The van der Waals surface area contributed by atoms with Crippen LogP contribution in [0.2, 0.25) is 0 Å². The first-order valence-electron chi connectivity index (χ1n) is 13.2. The third-order valence-corrected chi connectivity index (χ3v) is 7.98. The molecule has 37 heavy (non-hydrogen) atoms. The van der Waals surface area contributed by atoms with Crippen molar-refractivity contribution < 1.29 is 0 Å². The maximum atomic E-state index is 2.43. The minimum atomic E-state index is -0.396. The van der Waals surface area contributed by atoms with Gasteiger partial charge >= 0.3 is 0 Å². The normalized spacial score (nSPS) is 22.5. The van der Waals surface area contributed by atoms with Crippen LogP contribution in [0.5, 0.6) is 0 Å². The monoisotopic (exact) mass is 472 g/mol. The zero-order valence-electron chi connectivity index (χ0n) is 20.8. The summed E-state index contributed by atoms with van der Waals surface area (Å²) >= 11 is 0. The van der Waals surface area contributed by atoms with Gasteiger partial charge in [0.05, 0.1) is 5.41 Å². The molecule has 1 atom stereocenters. The first-order valence-corrected chi connectivity index (χ1v) is 13.2. The van der Waals surface area contributed by atoms with E-state index >= 15 is 0 Å². The molecule has 176 valence electrons. The maximum Gasteiger partial charge on any atom is 0.0710 e. The van der Waals surface area contributed by atoms with E-state index in [1.54, 1.807) is 0 Å². The molecule has 0 saturated carbocycles. The molecule has 0 radical (unpaired) electrons. The van der Waals surface area contributed by atoms with Gasteiger partial charge in [0.1, 0.15) is 0 Å². The molecule has 1 unspecified atom stereocenters. The first kappa shape index (κ1) is 21.8. The Bertz CT molecular complexity index is 1780. The Hall–Kier alpha value is -4.42. The van der Waals surface area contributed by atoms with Crippen molar-refractivity contribution in [2.75, 3.05) is 0 Å². The quantitative estimate of drug-likeness (QED) is 0.240. The van der Waals surface area contributed by atoms with E-state index in [1.807, 2.05) is 0 Å². The lowest BCUT2D eigenvalue weighted by Crippen LogP contribution is -2.29. The topological polar surface area (TPSA) is 0 Å². The van der Waals surface area contributed by atoms with Crippen LogP contribution in [0.15, 0.2) is 151 Å². The highest BCUT2D eigenvalue weighted by molar-refractivity contribution is 6.04. The zero-order valence-corrected chi connectivity index (χ0v) is 20.8. The van der Waals surface area contributed by atoms with Crippen molar-refractivity contribution in [3.05, 3.63) is 168 Å². The Kier molecular flexibility index (Phi) is 5.26. The van der Waals surface area contributed by atoms with Gasteiger partial charge in [0, 0.05) is 0 Å². The molecule has 5 aromatic carbocycles.